The Morgan fingerprint density at radius 3 is 1.68 bits per heavy atom. The molecule has 0 radical (unpaired) electrons. The van der Waals surface area contributed by atoms with Gasteiger partial charge in [0.2, 0.25) is 0 Å². The molecule has 0 aliphatic rings. The van der Waals surface area contributed by atoms with Crippen molar-refractivity contribution in [3.05, 3.63) is 0 Å². The van der Waals surface area contributed by atoms with Crippen LogP contribution >= 0.6 is 7.60 Å². The van der Waals surface area contributed by atoms with Crippen molar-refractivity contribution in [2.45, 2.75) is 12.2 Å². The van der Waals surface area contributed by atoms with Crippen molar-refractivity contribution in [3.63, 3.8) is 0 Å². The van der Waals surface area contributed by atoms with Gasteiger partial charge >= 0.3 is 25.8 Å². The number of hydrogen-bond donors (Lipinski definition) is 0. The van der Waals surface area contributed by atoms with E-state index in [9.17, 15) is 35.7 Å². The summed E-state index contributed by atoms with van der Waals surface area (Å²) in [6.45, 7) is -5.02. The predicted molar refractivity (Wildman–Crippen MR) is 48.5 cm³/mol. The molecule has 12 heteroatoms. The molecule has 0 heterocycles. The summed E-state index contributed by atoms with van der Waals surface area (Å²) in [7, 11) is -4.79. The molecule has 0 aliphatic heterocycles. The minimum atomic E-state index is -5.52. The van der Waals surface area contributed by atoms with Crippen molar-refractivity contribution in [3.8, 4) is 0 Å². The number of esters is 1. The van der Waals surface area contributed by atoms with Gasteiger partial charge in [0.15, 0.2) is 13.3 Å². The molecule has 19 heavy (non-hydrogen) atoms. The second-order valence-electron chi connectivity index (χ2n) is 3.07. The maximum atomic E-state index is 12.5. The average molecular weight is 318 g/mol. The standard InChI is InChI=1S/C7H9F6O5P/c1-16-5(14)2-19(15,17-6(10,11)3-8)18-7(12,13)4-9/h2-4H2,1H3. The van der Waals surface area contributed by atoms with Crippen LogP contribution in [-0.2, 0) is 23.1 Å². The van der Waals surface area contributed by atoms with E-state index in [1.165, 1.54) is 0 Å². The molecule has 0 unspecified atom stereocenters. The smallest absolute Gasteiger partial charge is 0.390 e. The van der Waals surface area contributed by atoms with Crippen LogP contribution in [0.25, 0.3) is 0 Å². The molecule has 0 saturated carbocycles. The minimum absolute atomic E-state index is 0.729. The fourth-order valence-corrected chi connectivity index (χ4v) is 2.28. The fraction of sp³-hybridized carbons (Fsp3) is 0.857. The zero-order valence-corrected chi connectivity index (χ0v) is 10.3. The zero-order chi connectivity index (χ0) is 15.3. The van der Waals surface area contributed by atoms with Crippen molar-refractivity contribution in [1.29, 1.82) is 0 Å². The molecule has 0 aliphatic carbocycles. The van der Waals surface area contributed by atoms with E-state index in [2.05, 4.69) is 13.8 Å². The Bertz CT molecular complexity index is 340. The van der Waals surface area contributed by atoms with E-state index in [0.29, 0.717) is 0 Å². The van der Waals surface area contributed by atoms with Crippen molar-refractivity contribution in [2.24, 2.45) is 0 Å². The Labute approximate surface area is 103 Å². The van der Waals surface area contributed by atoms with Gasteiger partial charge in [-0.2, -0.15) is 17.6 Å². The van der Waals surface area contributed by atoms with E-state index < -0.39 is 45.3 Å². The lowest BCUT2D eigenvalue weighted by molar-refractivity contribution is -0.224. The number of ether oxygens (including phenoxy) is 1. The maximum Gasteiger partial charge on any atom is 0.390 e. The van der Waals surface area contributed by atoms with Gasteiger partial charge in [0, 0.05) is 0 Å². The number of hydrogen-bond acceptors (Lipinski definition) is 5. The molecule has 0 amide bonds. The summed E-state index contributed by atoms with van der Waals surface area (Å²) in [6, 6.07) is 0. The molecule has 0 aromatic heterocycles. The SMILES string of the molecule is COC(=O)CP(=O)(OC(F)(F)CF)OC(F)(F)CF. The van der Waals surface area contributed by atoms with Crippen LogP contribution in [0.2, 0.25) is 0 Å². The first-order valence-corrected chi connectivity index (χ1v) is 6.17. The first-order valence-electron chi connectivity index (χ1n) is 4.44. The second kappa shape index (κ2) is 6.58. The third-order valence-corrected chi connectivity index (χ3v) is 3.14. The highest BCUT2D eigenvalue weighted by Gasteiger charge is 2.49. The van der Waals surface area contributed by atoms with Crippen molar-refractivity contribution in [2.75, 3.05) is 26.6 Å². The molecule has 0 aromatic rings. The van der Waals surface area contributed by atoms with Crippen LogP contribution in [0.3, 0.4) is 0 Å². The van der Waals surface area contributed by atoms with Crippen LogP contribution in [0.1, 0.15) is 0 Å². The summed E-state index contributed by atoms with van der Waals surface area (Å²) in [6.07, 6.45) is -11.1. The molecule has 0 atom stereocenters. The largest absolute Gasteiger partial charge is 0.469 e. The number of alkyl halides is 6. The van der Waals surface area contributed by atoms with Gasteiger partial charge in [0.05, 0.1) is 7.11 Å². The maximum absolute atomic E-state index is 12.5. The van der Waals surface area contributed by atoms with Crippen LogP contribution in [0.4, 0.5) is 26.3 Å². The molecule has 0 rings (SSSR count). The Morgan fingerprint density at radius 2 is 1.42 bits per heavy atom. The lowest BCUT2D eigenvalue weighted by atomic mass is 10.7. The molecular formula is C7H9F6O5P. The molecule has 0 saturated heterocycles. The third-order valence-electron chi connectivity index (χ3n) is 1.41. The first-order chi connectivity index (χ1) is 8.49. The van der Waals surface area contributed by atoms with Crippen LogP contribution in [0, 0.1) is 0 Å². The highest BCUT2D eigenvalue weighted by molar-refractivity contribution is 7.54. The molecule has 0 N–H and O–H groups in total. The van der Waals surface area contributed by atoms with Crippen LogP contribution in [-0.4, -0.2) is 44.8 Å². The summed E-state index contributed by atoms with van der Waals surface area (Å²) in [5.74, 6) is -1.51. The summed E-state index contributed by atoms with van der Waals surface area (Å²) >= 11 is 0. The topological polar surface area (TPSA) is 61.8 Å². The van der Waals surface area contributed by atoms with E-state index in [0.717, 1.165) is 7.11 Å². The number of carbonyl (C=O) groups is 1. The summed E-state index contributed by atoms with van der Waals surface area (Å²) in [4.78, 5) is 10.7. The monoisotopic (exact) mass is 318 g/mol. The Hall–Kier alpha value is -0.800. The van der Waals surface area contributed by atoms with Crippen molar-refractivity contribution < 1.29 is 49.5 Å². The number of methoxy groups -OCH3 is 1. The van der Waals surface area contributed by atoms with Gasteiger partial charge < -0.3 is 4.74 Å². The quantitative estimate of drug-likeness (QED) is 0.391. The van der Waals surface area contributed by atoms with E-state index in [1.807, 2.05) is 0 Å². The van der Waals surface area contributed by atoms with E-state index >= 15 is 0 Å². The molecule has 0 aromatic carbocycles. The molecule has 0 fully saturated rings. The highest BCUT2D eigenvalue weighted by atomic mass is 31.2. The lowest BCUT2D eigenvalue weighted by Crippen LogP contribution is -2.29. The minimum Gasteiger partial charge on any atom is -0.469 e. The van der Waals surface area contributed by atoms with Gasteiger partial charge in [0.1, 0.15) is 6.16 Å². The van der Waals surface area contributed by atoms with Gasteiger partial charge in [0.25, 0.3) is 0 Å². The Balaban J connectivity index is 5.13. The Morgan fingerprint density at radius 1 is 1.05 bits per heavy atom. The lowest BCUT2D eigenvalue weighted by Gasteiger charge is -2.24. The van der Waals surface area contributed by atoms with Crippen LogP contribution in [0.15, 0.2) is 0 Å². The van der Waals surface area contributed by atoms with Crippen molar-refractivity contribution in [1.82, 2.24) is 0 Å². The van der Waals surface area contributed by atoms with Crippen LogP contribution < -0.4 is 0 Å². The van der Waals surface area contributed by atoms with Gasteiger partial charge in [-0.3, -0.25) is 9.36 Å². The van der Waals surface area contributed by atoms with Crippen LogP contribution in [0.5, 0.6) is 0 Å². The third kappa shape index (κ3) is 6.79. The summed E-state index contributed by atoms with van der Waals surface area (Å²) < 4.78 is 95.7. The molecule has 0 spiro atoms. The number of rotatable bonds is 8. The summed E-state index contributed by atoms with van der Waals surface area (Å²) in [5, 5.41) is 0. The molecule has 5 nitrogen and oxygen atoms in total. The van der Waals surface area contributed by atoms with Crippen molar-refractivity contribution >= 4 is 13.6 Å². The zero-order valence-electron chi connectivity index (χ0n) is 9.38. The predicted octanol–water partition coefficient (Wildman–Crippen LogP) is 2.51. The van der Waals surface area contributed by atoms with E-state index in [-0.39, 0.29) is 0 Å². The normalized spacial score (nSPS) is 13.4. The second-order valence-corrected chi connectivity index (χ2v) is 4.97. The fourth-order valence-electron chi connectivity index (χ4n) is 0.762. The first kappa shape index (κ1) is 18.2. The van der Waals surface area contributed by atoms with Gasteiger partial charge in [-0.1, -0.05) is 0 Å². The average Bonchev–Trinajstić information content (AvgIpc) is 2.26. The molecule has 114 valence electrons. The van der Waals surface area contributed by atoms with Gasteiger partial charge in [-0.05, 0) is 0 Å². The Kier molecular flexibility index (Phi) is 6.30. The number of carbonyl (C=O) groups excluding carboxylic acids is 1. The van der Waals surface area contributed by atoms with Gasteiger partial charge in [-0.25, -0.2) is 17.8 Å². The molecular weight excluding hydrogens is 309 g/mol. The van der Waals surface area contributed by atoms with E-state index in [4.69, 9.17) is 0 Å². The van der Waals surface area contributed by atoms with Gasteiger partial charge in [-0.15, -0.1) is 0 Å². The number of halogens is 6. The molecule has 0 bridgehead atoms. The summed E-state index contributed by atoms with van der Waals surface area (Å²) in [5.41, 5.74) is 0. The highest BCUT2D eigenvalue weighted by Crippen LogP contribution is 2.55. The van der Waals surface area contributed by atoms with E-state index in [1.54, 1.807) is 0 Å².